The molecule has 2 aromatic carbocycles. The topological polar surface area (TPSA) is 43.4 Å². The van der Waals surface area contributed by atoms with E-state index in [1.165, 1.54) is 6.42 Å². The summed E-state index contributed by atoms with van der Waals surface area (Å²) in [6.45, 7) is 6.60. The number of esters is 1. The van der Waals surface area contributed by atoms with Gasteiger partial charge in [0.05, 0.1) is 0 Å². The molecule has 4 atom stereocenters. The van der Waals surface area contributed by atoms with Gasteiger partial charge in [0.2, 0.25) is 0 Å². The van der Waals surface area contributed by atoms with Gasteiger partial charge in [-0.15, -0.1) is 0 Å². The third kappa shape index (κ3) is 5.56. The second-order valence-corrected chi connectivity index (χ2v) is 8.77. The number of Topliss-reactive ketones (excluding diaryl/α,β-unsaturated/α-hetero) is 1. The van der Waals surface area contributed by atoms with Crippen molar-refractivity contribution < 1.29 is 14.3 Å². The highest BCUT2D eigenvalue weighted by Gasteiger charge is 2.37. The van der Waals surface area contributed by atoms with Gasteiger partial charge < -0.3 is 4.74 Å². The van der Waals surface area contributed by atoms with Gasteiger partial charge in [0.25, 0.3) is 0 Å². The van der Waals surface area contributed by atoms with Gasteiger partial charge in [-0.3, -0.25) is 9.59 Å². The summed E-state index contributed by atoms with van der Waals surface area (Å²) in [4.78, 5) is 26.5. The summed E-state index contributed by atoms with van der Waals surface area (Å²) >= 11 is 0. The number of benzene rings is 2. The Kier molecular flexibility index (Phi) is 7.24. The minimum atomic E-state index is -0.815. The van der Waals surface area contributed by atoms with Crippen molar-refractivity contribution in [1.82, 2.24) is 0 Å². The summed E-state index contributed by atoms with van der Waals surface area (Å²) in [5, 5.41) is 0. The summed E-state index contributed by atoms with van der Waals surface area (Å²) in [6.07, 6.45) is 3.39. The number of ketones is 1. The van der Waals surface area contributed by atoms with Crippen LogP contribution in [0.3, 0.4) is 0 Å². The molecule has 0 N–H and O–H groups in total. The Morgan fingerprint density at radius 3 is 2.21 bits per heavy atom. The molecule has 0 aromatic heterocycles. The van der Waals surface area contributed by atoms with Gasteiger partial charge in [0, 0.05) is 5.56 Å². The van der Waals surface area contributed by atoms with E-state index in [2.05, 4.69) is 20.8 Å². The Bertz CT molecular complexity index is 797. The lowest BCUT2D eigenvalue weighted by molar-refractivity contribution is -0.159. The molecule has 3 rings (SSSR count). The summed E-state index contributed by atoms with van der Waals surface area (Å²) in [5.41, 5.74) is 1.53. The number of hydrogen-bond donors (Lipinski definition) is 0. The van der Waals surface area contributed by atoms with E-state index in [9.17, 15) is 9.59 Å². The first-order valence-corrected chi connectivity index (χ1v) is 10.8. The highest BCUT2D eigenvalue weighted by molar-refractivity contribution is 6.08. The summed E-state index contributed by atoms with van der Waals surface area (Å²) in [5.74, 6) is -0.000965. The summed E-state index contributed by atoms with van der Waals surface area (Å²) < 4.78 is 6.05. The van der Waals surface area contributed by atoms with Crippen molar-refractivity contribution in [2.24, 2.45) is 23.7 Å². The van der Waals surface area contributed by atoms with Gasteiger partial charge in [-0.05, 0) is 42.6 Å². The molecule has 1 aliphatic carbocycles. The Hall–Kier alpha value is -2.42. The first kappa shape index (κ1) is 21.3. The Labute approximate surface area is 174 Å². The number of hydrogen-bond acceptors (Lipinski definition) is 3. The van der Waals surface area contributed by atoms with Crippen molar-refractivity contribution in [2.75, 3.05) is 0 Å². The van der Waals surface area contributed by atoms with Crippen LogP contribution in [0.25, 0.3) is 0 Å². The largest absolute Gasteiger partial charge is 0.461 e. The highest BCUT2D eigenvalue weighted by atomic mass is 16.5. The van der Waals surface area contributed by atoms with Crippen LogP contribution < -0.4 is 0 Å². The summed E-state index contributed by atoms with van der Waals surface area (Å²) in [6, 6.07) is 18.8. The van der Waals surface area contributed by atoms with E-state index in [1.807, 2.05) is 48.5 Å². The molecular formula is C26H32O3. The first-order chi connectivity index (χ1) is 14.0. The number of carbonyl (C=O) groups is 2. The molecule has 0 saturated heterocycles. The molecule has 0 aliphatic heterocycles. The van der Waals surface area contributed by atoms with Crippen LogP contribution in [-0.2, 0) is 16.0 Å². The molecule has 0 spiro atoms. The third-order valence-electron chi connectivity index (χ3n) is 6.17. The molecule has 3 heteroatoms. The maximum atomic E-state index is 13.3. The Morgan fingerprint density at radius 2 is 1.59 bits per heavy atom. The smallest absolute Gasteiger partial charge is 0.317 e. The maximum absolute atomic E-state index is 13.3. The molecule has 0 heterocycles. The van der Waals surface area contributed by atoms with E-state index in [0.717, 1.165) is 18.4 Å². The van der Waals surface area contributed by atoms with Crippen LogP contribution in [0.4, 0.5) is 0 Å². The van der Waals surface area contributed by atoms with Crippen LogP contribution in [0.15, 0.2) is 60.7 Å². The molecule has 0 bridgehead atoms. The van der Waals surface area contributed by atoms with Crippen molar-refractivity contribution in [3.05, 3.63) is 71.8 Å². The number of ether oxygens (including phenoxy) is 1. The molecule has 3 nitrogen and oxygen atoms in total. The second-order valence-electron chi connectivity index (χ2n) is 8.77. The minimum Gasteiger partial charge on any atom is -0.461 e. The number of carbonyl (C=O) groups excluding carboxylic acids is 2. The second kappa shape index (κ2) is 9.87. The normalized spacial score (nSPS) is 22.8. The van der Waals surface area contributed by atoms with Crippen LogP contribution in [-0.4, -0.2) is 17.9 Å². The van der Waals surface area contributed by atoms with Crippen LogP contribution >= 0.6 is 0 Å². The van der Waals surface area contributed by atoms with E-state index in [0.29, 0.717) is 29.7 Å². The quantitative estimate of drug-likeness (QED) is 0.343. The zero-order valence-corrected chi connectivity index (χ0v) is 17.7. The van der Waals surface area contributed by atoms with Crippen molar-refractivity contribution >= 4 is 11.8 Å². The monoisotopic (exact) mass is 392 g/mol. The molecular weight excluding hydrogens is 360 g/mol. The number of rotatable bonds is 7. The standard InChI is InChI=1S/C26H32O3/c1-18(2)22-15-14-19(3)16-24(22)29-26(28)23(17-20-10-6-4-7-11-20)25(27)21-12-8-5-9-13-21/h4-13,18-19,22-24H,14-17H2,1-3H3/t19-,22+,23+,24-/m1/s1. The average Bonchev–Trinajstić information content (AvgIpc) is 2.72. The molecule has 29 heavy (non-hydrogen) atoms. The zero-order valence-electron chi connectivity index (χ0n) is 17.7. The summed E-state index contributed by atoms with van der Waals surface area (Å²) in [7, 11) is 0. The predicted molar refractivity (Wildman–Crippen MR) is 116 cm³/mol. The maximum Gasteiger partial charge on any atom is 0.317 e. The van der Waals surface area contributed by atoms with Crippen molar-refractivity contribution in [3.8, 4) is 0 Å². The van der Waals surface area contributed by atoms with Crippen LogP contribution in [0.5, 0.6) is 0 Å². The highest BCUT2D eigenvalue weighted by Crippen LogP contribution is 2.36. The van der Waals surface area contributed by atoms with Crippen LogP contribution in [0, 0.1) is 23.7 Å². The lowest BCUT2D eigenvalue weighted by Gasteiger charge is -2.37. The first-order valence-electron chi connectivity index (χ1n) is 10.8. The fraction of sp³-hybridized carbons (Fsp3) is 0.462. The van der Waals surface area contributed by atoms with E-state index < -0.39 is 5.92 Å². The molecule has 0 amide bonds. The zero-order chi connectivity index (χ0) is 20.8. The van der Waals surface area contributed by atoms with Gasteiger partial charge in [0.1, 0.15) is 12.0 Å². The molecule has 1 fully saturated rings. The van der Waals surface area contributed by atoms with Gasteiger partial charge in [-0.1, -0.05) is 87.9 Å². The lowest BCUT2D eigenvalue weighted by Crippen LogP contribution is -2.39. The molecule has 154 valence electrons. The van der Waals surface area contributed by atoms with E-state index in [-0.39, 0.29) is 17.9 Å². The average molecular weight is 393 g/mol. The minimum absolute atomic E-state index is 0.104. The van der Waals surface area contributed by atoms with E-state index >= 15 is 0 Å². The van der Waals surface area contributed by atoms with Crippen molar-refractivity contribution in [1.29, 1.82) is 0 Å². The van der Waals surface area contributed by atoms with Gasteiger partial charge in [0.15, 0.2) is 5.78 Å². The molecule has 0 radical (unpaired) electrons. The Morgan fingerprint density at radius 1 is 0.966 bits per heavy atom. The third-order valence-corrected chi connectivity index (χ3v) is 6.17. The molecule has 1 aliphatic rings. The van der Waals surface area contributed by atoms with E-state index in [1.54, 1.807) is 12.1 Å². The fourth-order valence-electron chi connectivity index (χ4n) is 4.42. The van der Waals surface area contributed by atoms with Gasteiger partial charge in [-0.2, -0.15) is 0 Å². The Balaban J connectivity index is 1.82. The fourth-order valence-corrected chi connectivity index (χ4v) is 4.42. The van der Waals surface area contributed by atoms with Crippen LogP contribution in [0.1, 0.15) is 56.0 Å². The molecule has 1 saturated carbocycles. The lowest BCUT2D eigenvalue weighted by atomic mass is 9.75. The van der Waals surface area contributed by atoms with E-state index in [4.69, 9.17) is 4.74 Å². The van der Waals surface area contributed by atoms with Gasteiger partial charge in [-0.25, -0.2) is 0 Å². The van der Waals surface area contributed by atoms with Crippen LogP contribution in [0.2, 0.25) is 0 Å². The molecule has 2 aromatic rings. The van der Waals surface area contributed by atoms with Gasteiger partial charge >= 0.3 is 5.97 Å². The predicted octanol–water partition coefficient (Wildman–Crippen LogP) is 5.73. The molecule has 0 unspecified atom stereocenters. The van der Waals surface area contributed by atoms with Crippen molar-refractivity contribution in [3.63, 3.8) is 0 Å². The SMILES string of the molecule is CC(C)[C@@H]1CC[C@@H](C)C[C@H]1OC(=O)[C@@H](Cc1ccccc1)C(=O)c1ccccc1. The van der Waals surface area contributed by atoms with Crippen molar-refractivity contribution in [2.45, 2.75) is 52.6 Å².